The highest BCUT2D eigenvalue weighted by molar-refractivity contribution is 7.09. The lowest BCUT2D eigenvalue weighted by atomic mass is 9.61. The van der Waals surface area contributed by atoms with Gasteiger partial charge in [-0.25, -0.2) is 8.78 Å². The maximum atomic E-state index is 13.3. The van der Waals surface area contributed by atoms with Crippen LogP contribution in [0.4, 0.5) is 13.9 Å². The van der Waals surface area contributed by atoms with E-state index in [4.69, 9.17) is 0 Å². The minimum absolute atomic E-state index is 0.107. The summed E-state index contributed by atoms with van der Waals surface area (Å²) in [5.74, 6) is -0.963. The van der Waals surface area contributed by atoms with Crippen molar-refractivity contribution in [2.45, 2.75) is 31.8 Å². The van der Waals surface area contributed by atoms with E-state index in [1.54, 1.807) is 0 Å². The number of rotatable bonds is 2. The highest BCUT2D eigenvalue weighted by Crippen LogP contribution is 2.49. The molecule has 0 bridgehead atoms. The average molecular weight is 337 g/mol. The van der Waals surface area contributed by atoms with E-state index in [9.17, 15) is 13.9 Å². The largest absolute Gasteiger partial charge is 0.391 e. The number of aromatic nitrogens is 2. The van der Waals surface area contributed by atoms with Gasteiger partial charge in [0.05, 0.1) is 6.10 Å². The molecule has 1 saturated heterocycles. The van der Waals surface area contributed by atoms with Crippen LogP contribution in [0.2, 0.25) is 0 Å². The molecule has 2 aromatic rings. The number of hydrogen-bond acceptors (Lipinski definition) is 5. The summed E-state index contributed by atoms with van der Waals surface area (Å²) in [6, 6.07) is 3.28. The Labute approximate surface area is 137 Å². The molecule has 1 aromatic carbocycles. The van der Waals surface area contributed by atoms with E-state index in [1.807, 2.05) is 4.90 Å². The van der Waals surface area contributed by atoms with Gasteiger partial charge in [0.1, 0.15) is 11.6 Å². The van der Waals surface area contributed by atoms with E-state index in [1.165, 1.54) is 30.1 Å². The van der Waals surface area contributed by atoms with E-state index < -0.39 is 11.6 Å². The summed E-state index contributed by atoms with van der Waals surface area (Å²) in [5.41, 5.74) is 0.438. The third-order valence-electron chi connectivity index (χ3n) is 5.14. The molecule has 23 heavy (non-hydrogen) atoms. The average Bonchev–Trinajstić information content (AvgIpc) is 2.94. The van der Waals surface area contributed by atoms with E-state index in [2.05, 4.69) is 9.36 Å². The van der Waals surface area contributed by atoms with Gasteiger partial charge >= 0.3 is 0 Å². The maximum absolute atomic E-state index is 13.3. The van der Waals surface area contributed by atoms with Crippen LogP contribution in [0.5, 0.6) is 0 Å². The summed E-state index contributed by atoms with van der Waals surface area (Å²) >= 11 is 1.20. The monoisotopic (exact) mass is 337 g/mol. The van der Waals surface area contributed by atoms with Crippen LogP contribution >= 0.6 is 11.5 Å². The van der Waals surface area contributed by atoms with Crippen molar-refractivity contribution in [2.24, 2.45) is 5.41 Å². The smallest absolute Gasteiger partial charge is 0.205 e. The molecule has 1 aromatic heterocycles. The Hall–Kier alpha value is -1.60. The lowest BCUT2D eigenvalue weighted by molar-refractivity contribution is -0.0479. The first-order chi connectivity index (χ1) is 11.1. The van der Waals surface area contributed by atoms with Crippen molar-refractivity contribution >= 4 is 16.7 Å². The first kappa shape index (κ1) is 15.0. The second kappa shape index (κ2) is 5.49. The Morgan fingerprint density at radius 2 is 1.91 bits per heavy atom. The number of aliphatic hydroxyl groups excluding tert-OH is 1. The van der Waals surface area contributed by atoms with Crippen LogP contribution in [0.15, 0.2) is 18.2 Å². The van der Waals surface area contributed by atoms with Crippen LogP contribution in [0.3, 0.4) is 0 Å². The Balaban J connectivity index is 1.54. The number of piperidine rings is 1. The number of nitrogens with zero attached hydrogens (tertiary/aromatic N) is 3. The van der Waals surface area contributed by atoms with Gasteiger partial charge in [-0.2, -0.15) is 9.36 Å². The number of halogens is 2. The van der Waals surface area contributed by atoms with Crippen molar-refractivity contribution < 1.29 is 13.9 Å². The SMILES string of the molecule is OC1CN(c2nc(-c3cc(F)cc(F)c3)ns2)CCC12CCC2. The molecule has 7 heteroatoms. The molecule has 2 aliphatic rings. The minimum atomic E-state index is -0.642. The van der Waals surface area contributed by atoms with E-state index in [0.29, 0.717) is 23.1 Å². The third kappa shape index (κ3) is 2.61. The second-order valence-electron chi connectivity index (χ2n) is 6.49. The standard InChI is InChI=1S/C16H17F2N3OS/c17-11-6-10(7-12(18)8-11)14-19-15(23-20-14)21-5-4-16(2-1-3-16)13(22)9-21/h6-8,13,22H,1-5,9H2. The topological polar surface area (TPSA) is 49.2 Å². The van der Waals surface area contributed by atoms with Crippen molar-refractivity contribution in [2.75, 3.05) is 18.0 Å². The molecule has 1 unspecified atom stereocenters. The van der Waals surface area contributed by atoms with Crippen molar-refractivity contribution in [3.05, 3.63) is 29.8 Å². The molecule has 4 rings (SSSR count). The zero-order chi connectivity index (χ0) is 16.0. The summed E-state index contributed by atoms with van der Waals surface area (Å²) < 4.78 is 30.9. The first-order valence-electron chi connectivity index (χ1n) is 7.79. The van der Waals surface area contributed by atoms with Crippen LogP contribution in [0, 0.1) is 17.0 Å². The Bertz CT molecular complexity index is 712. The Kier molecular flexibility index (Phi) is 3.57. The lowest BCUT2D eigenvalue weighted by Gasteiger charge is -2.51. The normalized spacial score (nSPS) is 23.1. The predicted octanol–water partition coefficient (Wildman–Crippen LogP) is 3.22. The molecule has 2 heterocycles. The van der Waals surface area contributed by atoms with Crippen molar-refractivity contribution in [1.82, 2.24) is 9.36 Å². The molecule has 1 saturated carbocycles. The van der Waals surface area contributed by atoms with Crippen molar-refractivity contribution in [3.8, 4) is 11.4 Å². The van der Waals surface area contributed by atoms with Gasteiger partial charge in [0, 0.05) is 36.3 Å². The highest BCUT2D eigenvalue weighted by Gasteiger charge is 2.46. The molecular formula is C16H17F2N3OS. The molecular weight excluding hydrogens is 320 g/mol. The van der Waals surface area contributed by atoms with Gasteiger partial charge in [-0.1, -0.05) is 6.42 Å². The molecule has 1 aliphatic heterocycles. The fourth-order valence-corrected chi connectivity index (χ4v) is 4.27. The molecule has 122 valence electrons. The van der Waals surface area contributed by atoms with Crippen LogP contribution in [0.1, 0.15) is 25.7 Å². The van der Waals surface area contributed by atoms with Crippen LogP contribution in [-0.4, -0.2) is 33.7 Å². The zero-order valence-corrected chi connectivity index (χ0v) is 13.3. The second-order valence-corrected chi connectivity index (χ2v) is 7.22. The highest BCUT2D eigenvalue weighted by atomic mass is 32.1. The molecule has 1 spiro atoms. The fraction of sp³-hybridized carbons (Fsp3) is 0.500. The molecule has 1 atom stereocenters. The Morgan fingerprint density at radius 3 is 2.52 bits per heavy atom. The minimum Gasteiger partial charge on any atom is -0.391 e. The fourth-order valence-electron chi connectivity index (χ4n) is 3.55. The maximum Gasteiger partial charge on any atom is 0.205 e. The van der Waals surface area contributed by atoms with Crippen LogP contribution in [-0.2, 0) is 0 Å². The van der Waals surface area contributed by atoms with Gasteiger partial charge in [-0.05, 0) is 36.8 Å². The van der Waals surface area contributed by atoms with Gasteiger partial charge in [0.25, 0.3) is 0 Å². The van der Waals surface area contributed by atoms with Crippen LogP contribution in [0.25, 0.3) is 11.4 Å². The van der Waals surface area contributed by atoms with Gasteiger partial charge in [0.2, 0.25) is 5.13 Å². The molecule has 0 amide bonds. The predicted molar refractivity (Wildman–Crippen MR) is 84.4 cm³/mol. The number of benzene rings is 1. The van der Waals surface area contributed by atoms with Gasteiger partial charge in [0.15, 0.2) is 5.82 Å². The van der Waals surface area contributed by atoms with Gasteiger partial charge < -0.3 is 10.0 Å². The molecule has 0 radical (unpaired) electrons. The number of hydrogen-bond donors (Lipinski definition) is 1. The van der Waals surface area contributed by atoms with Crippen molar-refractivity contribution in [3.63, 3.8) is 0 Å². The quantitative estimate of drug-likeness (QED) is 0.914. The molecule has 4 nitrogen and oxygen atoms in total. The van der Waals surface area contributed by atoms with E-state index >= 15 is 0 Å². The summed E-state index contributed by atoms with van der Waals surface area (Å²) in [6.45, 7) is 1.38. The third-order valence-corrected chi connectivity index (χ3v) is 5.91. The van der Waals surface area contributed by atoms with Gasteiger partial charge in [-0.15, -0.1) is 0 Å². The summed E-state index contributed by atoms with van der Waals surface area (Å²) in [7, 11) is 0. The summed E-state index contributed by atoms with van der Waals surface area (Å²) in [4.78, 5) is 6.42. The number of β-amino-alcohol motifs (C(OH)–C–C–N with tert-alkyl or cyclic N) is 1. The first-order valence-corrected chi connectivity index (χ1v) is 8.56. The lowest BCUT2D eigenvalue weighted by Crippen LogP contribution is -2.54. The van der Waals surface area contributed by atoms with Crippen LogP contribution < -0.4 is 4.90 Å². The molecule has 2 fully saturated rings. The Morgan fingerprint density at radius 1 is 1.17 bits per heavy atom. The number of anilines is 1. The van der Waals surface area contributed by atoms with E-state index in [-0.39, 0.29) is 11.5 Å². The molecule has 1 aliphatic carbocycles. The zero-order valence-electron chi connectivity index (χ0n) is 12.5. The van der Waals surface area contributed by atoms with E-state index in [0.717, 1.165) is 31.9 Å². The summed E-state index contributed by atoms with van der Waals surface area (Å²) in [6.07, 6.45) is 4.02. The summed E-state index contributed by atoms with van der Waals surface area (Å²) in [5, 5.41) is 11.1. The number of aliphatic hydroxyl groups is 1. The van der Waals surface area contributed by atoms with Crippen molar-refractivity contribution in [1.29, 1.82) is 0 Å². The molecule has 1 N–H and O–H groups in total. The van der Waals surface area contributed by atoms with Gasteiger partial charge in [-0.3, -0.25) is 0 Å².